The standard InChI is InChI=1S/C10H14N.3C2H2OS.Sn/c1-9(8-11-2)10-6-4-3-5-7-10;3*3-1-2-4;/h3-7,9,11H,1,8H2,2H3;3*1-2H;. The molecule has 0 heterocycles. The molecule has 8 heteroatoms. The van der Waals surface area contributed by atoms with Crippen molar-refractivity contribution in [2.24, 2.45) is 0 Å². The molecule has 1 aromatic rings. The first kappa shape index (κ1) is 28.1. The van der Waals surface area contributed by atoms with Crippen LogP contribution in [0.5, 0.6) is 0 Å². The van der Waals surface area contributed by atoms with Gasteiger partial charge in [-0.2, -0.15) is 0 Å². The third kappa shape index (κ3) is 23.5. The van der Waals surface area contributed by atoms with Gasteiger partial charge in [0.25, 0.3) is 0 Å². The Labute approximate surface area is 172 Å². The number of hydrogen-bond donors (Lipinski definition) is 1. The molecule has 0 saturated carbocycles. The molecular formula is C16H20NO3S3Sn. The fourth-order valence-corrected chi connectivity index (χ4v) is 2.36. The summed E-state index contributed by atoms with van der Waals surface area (Å²) < 4.78 is 1.29. The molecule has 0 saturated heterocycles. The summed E-state index contributed by atoms with van der Waals surface area (Å²) >= 11 is 13.8. The number of hydrogen-bond acceptors (Lipinski definition) is 7. The summed E-state index contributed by atoms with van der Waals surface area (Å²) in [4.78, 5) is 27.0. The van der Waals surface area contributed by atoms with E-state index in [2.05, 4.69) is 72.3 Å². The van der Waals surface area contributed by atoms with E-state index in [4.69, 9.17) is 14.4 Å². The number of aldehydes is 3. The maximum absolute atomic E-state index is 9.01. The molecule has 24 heavy (non-hydrogen) atoms. The van der Waals surface area contributed by atoms with Gasteiger partial charge < -0.3 is 0 Å². The monoisotopic (exact) mass is 490 g/mol. The average molecular weight is 489 g/mol. The minimum atomic E-state index is 0.565. The van der Waals surface area contributed by atoms with E-state index < -0.39 is 0 Å². The van der Waals surface area contributed by atoms with E-state index in [9.17, 15) is 0 Å². The minimum absolute atomic E-state index is 0.565. The van der Waals surface area contributed by atoms with Crippen LogP contribution in [0.15, 0.2) is 30.3 Å². The molecule has 4 nitrogen and oxygen atoms in total. The van der Waals surface area contributed by atoms with Crippen molar-refractivity contribution in [2.75, 3.05) is 13.6 Å². The van der Waals surface area contributed by atoms with E-state index in [1.54, 1.807) is 22.5 Å². The van der Waals surface area contributed by atoms with Gasteiger partial charge in [0.1, 0.15) is 0 Å². The van der Waals surface area contributed by atoms with E-state index in [1.807, 2.05) is 7.05 Å². The van der Waals surface area contributed by atoms with Crippen LogP contribution < -0.4 is 5.32 Å². The Bertz CT molecular complexity index is 413. The molecule has 0 spiro atoms. The third-order valence-corrected chi connectivity index (χ3v) is 3.87. The van der Waals surface area contributed by atoms with Gasteiger partial charge >= 0.3 is 87.7 Å². The molecule has 0 fully saturated rings. The molecular weight excluding hydrogens is 469 g/mol. The Morgan fingerprint density at radius 1 is 0.958 bits per heavy atom. The molecule has 0 aliphatic rings. The van der Waals surface area contributed by atoms with E-state index >= 15 is 0 Å². The molecule has 1 aromatic carbocycles. The average Bonchev–Trinajstić information content (AvgIpc) is 2.67. The van der Waals surface area contributed by atoms with Crippen LogP contribution in [0.25, 0.3) is 0 Å². The van der Waals surface area contributed by atoms with E-state index in [-0.39, 0.29) is 0 Å². The second-order valence-electron chi connectivity index (χ2n) is 3.69. The number of likely N-dealkylation sites (N-methyl/N-ethyl adjacent to an activating group) is 1. The number of benzene rings is 1. The Kier molecular flexibility index (Phi) is 31.7. The van der Waals surface area contributed by atoms with Crippen LogP contribution in [0, 0.1) is 0 Å². The number of carbonyl (C=O) groups is 3. The van der Waals surface area contributed by atoms with Crippen LogP contribution in [-0.2, 0) is 14.4 Å². The number of nitrogens with one attached hydrogen (secondary N) is 1. The van der Waals surface area contributed by atoms with Gasteiger partial charge in [-0.3, -0.25) is 14.4 Å². The number of rotatable bonds is 7. The fraction of sp³-hybridized carbons (Fsp3) is 0.250. The van der Waals surface area contributed by atoms with Gasteiger partial charge in [0, 0.05) is 16.1 Å². The van der Waals surface area contributed by atoms with Crippen molar-refractivity contribution >= 4 is 94.1 Å². The zero-order valence-electron chi connectivity index (χ0n) is 13.3. The summed E-state index contributed by atoms with van der Waals surface area (Å²) in [6.45, 7) is 1.09. The zero-order chi connectivity index (χ0) is 19.1. The molecule has 0 aromatic heterocycles. The molecule has 129 valence electrons. The van der Waals surface area contributed by atoms with Crippen molar-refractivity contribution < 1.29 is 14.4 Å². The first-order chi connectivity index (χ1) is 11.6. The maximum atomic E-state index is 9.01. The van der Waals surface area contributed by atoms with Crippen LogP contribution in [0.2, 0.25) is 4.44 Å². The smallest absolute Gasteiger partial charge is 0.153 e. The molecule has 0 bridgehead atoms. The number of thiocarbonyl (C=S) groups is 3. The van der Waals surface area contributed by atoms with Crippen LogP contribution >= 0.6 is 36.7 Å². The van der Waals surface area contributed by atoms with E-state index in [0.29, 0.717) is 24.8 Å². The Balaban J connectivity index is -0.000000304. The fourth-order valence-electron chi connectivity index (χ4n) is 1.28. The normalized spacial score (nSPS) is 8.92. The first-order valence-electron chi connectivity index (χ1n) is 6.64. The first-order valence-corrected chi connectivity index (χ1v) is 10.1. The Morgan fingerprint density at radius 3 is 1.58 bits per heavy atom. The molecule has 1 N–H and O–H groups in total. The van der Waals surface area contributed by atoms with Gasteiger partial charge in [-0.05, 0) is 0 Å². The van der Waals surface area contributed by atoms with Crippen molar-refractivity contribution in [2.45, 2.75) is 10.4 Å². The van der Waals surface area contributed by atoms with Crippen molar-refractivity contribution in [3.63, 3.8) is 0 Å². The molecule has 0 aliphatic carbocycles. The molecule has 1 unspecified atom stereocenters. The SMILES string of the molecule is CNCC([CH2][Sn])c1ccccc1.O=CC=S.O=CC=S.O=CC=S. The number of carbonyl (C=O) groups excluding carboxylic acids is 3. The largest absolute Gasteiger partial charge is 0.298 e. The predicted molar refractivity (Wildman–Crippen MR) is 113 cm³/mol. The van der Waals surface area contributed by atoms with Gasteiger partial charge in [-0.25, -0.2) is 0 Å². The summed E-state index contributed by atoms with van der Waals surface area (Å²) in [5, 5.41) is 6.31. The topological polar surface area (TPSA) is 63.2 Å². The van der Waals surface area contributed by atoms with Crippen molar-refractivity contribution in [1.82, 2.24) is 5.32 Å². The van der Waals surface area contributed by atoms with Gasteiger partial charge in [-0.1, -0.05) is 36.7 Å². The molecule has 1 rings (SSSR count). The zero-order valence-corrected chi connectivity index (χ0v) is 18.6. The second-order valence-corrected chi connectivity index (χ2v) is 5.67. The van der Waals surface area contributed by atoms with Crippen LogP contribution in [0.1, 0.15) is 11.5 Å². The summed E-state index contributed by atoms with van der Waals surface area (Å²) in [5.74, 6) is 0.703. The minimum Gasteiger partial charge on any atom is -0.298 e. The summed E-state index contributed by atoms with van der Waals surface area (Å²) in [6.07, 6.45) is 1.69. The van der Waals surface area contributed by atoms with E-state index in [0.717, 1.165) is 22.6 Å². The third-order valence-electron chi connectivity index (χ3n) is 2.13. The molecule has 3 radical (unpaired) electrons. The second kappa shape index (κ2) is 27.1. The van der Waals surface area contributed by atoms with Gasteiger partial charge in [0.2, 0.25) is 0 Å². The Morgan fingerprint density at radius 2 is 1.33 bits per heavy atom. The quantitative estimate of drug-likeness (QED) is 0.358. The summed E-state index contributed by atoms with van der Waals surface area (Å²) in [5.41, 5.74) is 1.46. The van der Waals surface area contributed by atoms with Crippen molar-refractivity contribution in [3.05, 3.63) is 35.9 Å². The summed E-state index contributed by atoms with van der Waals surface area (Å²) in [7, 11) is 2.02. The summed E-state index contributed by atoms with van der Waals surface area (Å²) in [6, 6.07) is 10.7. The Hall–Kier alpha value is -0.741. The van der Waals surface area contributed by atoms with Crippen molar-refractivity contribution in [3.8, 4) is 0 Å². The molecule has 0 aliphatic heterocycles. The maximum Gasteiger partial charge on any atom is 0.153 e. The molecule has 0 amide bonds. The van der Waals surface area contributed by atoms with Gasteiger partial charge in [-0.15, -0.1) is 0 Å². The molecule has 1 atom stereocenters. The van der Waals surface area contributed by atoms with Crippen LogP contribution in [0.3, 0.4) is 0 Å². The van der Waals surface area contributed by atoms with Gasteiger partial charge in [0.05, 0.1) is 0 Å². The van der Waals surface area contributed by atoms with Crippen molar-refractivity contribution in [1.29, 1.82) is 0 Å². The van der Waals surface area contributed by atoms with Crippen LogP contribution in [-0.4, -0.2) is 71.1 Å². The van der Waals surface area contributed by atoms with E-state index in [1.165, 1.54) is 10.0 Å². The predicted octanol–water partition coefficient (Wildman–Crippen LogP) is 2.13. The van der Waals surface area contributed by atoms with Gasteiger partial charge in [0.15, 0.2) is 18.9 Å². The van der Waals surface area contributed by atoms with Crippen LogP contribution in [0.4, 0.5) is 0 Å².